The average molecular weight is 306 g/mol. The molecule has 1 aromatic heterocycles. The summed E-state index contributed by atoms with van der Waals surface area (Å²) >= 11 is 1.47. The average Bonchev–Trinajstić information content (AvgIpc) is 2.89. The fourth-order valence-corrected chi connectivity index (χ4v) is 1.88. The van der Waals surface area contributed by atoms with Crippen molar-refractivity contribution in [1.82, 2.24) is 16.0 Å². The van der Waals surface area contributed by atoms with Gasteiger partial charge in [-0.25, -0.2) is 0 Å². The maximum atomic E-state index is 11.6. The summed E-state index contributed by atoms with van der Waals surface area (Å²) in [6.45, 7) is 2.93. The van der Waals surface area contributed by atoms with E-state index in [1.807, 2.05) is 19.4 Å². The van der Waals surface area contributed by atoms with Crippen LogP contribution in [0.1, 0.15) is 23.7 Å². The molecule has 1 aromatic rings. The molecule has 0 fully saturated rings. The summed E-state index contributed by atoms with van der Waals surface area (Å²) in [5.41, 5.74) is 0.643. The fraction of sp³-hybridized carbons (Fsp3) is 0.500. The summed E-state index contributed by atoms with van der Waals surface area (Å²) in [5, 5.41) is 12.2. The number of rotatable bonds is 7. The number of carbonyl (C=O) groups excluding carboxylic acids is 2. The molecule has 108 valence electrons. The number of halogens is 1. The van der Waals surface area contributed by atoms with Crippen LogP contribution in [0.15, 0.2) is 16.8 Å². The summed E-state index contributed by atoms with van der Waals surface area (Å²) in [6.07, 6.45) is 0.298. The van der Waals surface area contributed by atoms with Crippen molar-refractivity contribution in [2.75, 3.05) is 20.1 Å². The minimum Gasteiger partial charge on any atom is -0.354 e. The number of carbonyl (C=O) groups is 2. The van der Waals surface area contributed by atoms with Gasteiger partial charge in [-0.15, -0.1) is 12.4 Å². The van der Waals surface area contributed by atoms with Gasteiger partial charge in [-0.1, -0.05) is 0 Å². The lowest BCUT2D eigenvalue weighted by Gasteiger charge is -2.11. The van der Waals surface area contributed by atoms with E-state index in [2.05, 4.69) is 16.0 Å². The fourth-order valence-electron chi connectivity index (χ4n) is 1.24. The molecule has 1 rings (SSSR count). The van der Waals surface area contributed by atoms with Crippen molar-refractivity contribution >= 4 is 35.6 Å². The zero-order valence-electron chi connectivity index (χ0n) is 11.1. The maximum absolute atomic E-state index is 11.6. The number of thiophene rings is 1. The lowest BCUT2D eigenvalue weighted by atomic mass is 10.3. The largest absolute Gasteiger partial charge is 0.354 e. The van der Waals surface area contributed by atoms with Crippen LogP contribution in [0.5, 0.6) is 0 Å². The Labute approximate surface area is 123 Å². The number of amides is 2. The van der Waals surface area contributed by atoms with Crippen molar-refractivity contribution in [3.05, 3.63) is 22.4 Å². The molecule has 1 atom stereocenters. The van der Waals surface area contributed by atoms with E-state index in [0.29, 0.717) is 25.1 Å². The molecule has 0 saturated heterocycles. The van der Waals surface area contributed by atoms with E-state index in [1.165, 1.54) is 11.3 Å². The molecule has 1 unspecified atom stereocenters. The highest BCUT2D eigenvalue weighted by atomic mass is 35.5. The van der Waals surface area contributed by atoms with Crippen LogP contribution in [-0.4, -0.2) is 38.0 Å². The van der Waals surface area contributed by atoms with Crippen molar-refractivity contribution in [1.29, 1.82) is 0 Å². The van der Waals surface area contributed by atoms with Gasteiger partial charge in [-0.2, -0.15) is 11.3 Å². The van der Waals surface area contributed by atoms with Gasteiger partial charge >= 0.3 is 0 Å². The molecular formula is C12H20ClN3O2S. The summed E-state index contributed by atoms with van der Waals surface area (Å²) in [6, 6.07) is 2.00. The first kappa shape index (κ1) is 17.9. The van der Waals surface area contributed by atoms with Gasteiger partial charge < -0.3 is 16.0 Å². The van der Waals surface area contributed by atoms with Gasteiger partial charge in [0.2, 0.25) is 5.91 Å². The van der Waals surface area contributed by atoms with E-state index in [1.54, 1.807) is 11.4 Å². The third-order valence-corrected chi connectivity index (χ3v) is 3.20. The molecule has 0 aliphatic rings. The molecule has 2 amide bonds. The standard InChI is InChI=1S/C12H19N3O2S.ClH/c1-9(13-2)7-15-11(16)3-5-14-12(17)10-4-6-18-8-10;/h4,6,8-9,13H,3,5,7H2,1-2H3,(H,14,17)(H,15,16);1H. The molecule has 0 spiro atoms. The Hall–Kier alpha value is -1.11. The molecule has 5 nitrogen and oxygen atoms in total. The molecule has 0 aromatic carbocycles. The van der Waals surface area contributed by atoms with E-state index in [9.17, 15) is 9.59 Å². The predicted octanol–water partition coefficient (Wildman–Crippen LogP) is 1.01. The predicted molar refractivity (Wildman–Crippen MR) is 80.0 cm³/mol. The van der Waals surface area contributed by atoms with Crippen molar-refractivity contribution in [2.45, 2.75) is 19.4 Å². The molecule has 0 bridgehead atoms. The molecule has 7 heteroatoms. The normalized spacial score (nSPS) is 11.3. The van der Waals surface area contributed by atoms with Crippen LogP contribution in [-0.2, 0) is 4.79 Å². The van der Waals surface area contributed by atoms with Gasteiger partial charge in [0.25, 0.3) is 5.91 Å². The molecule has 0 aliphatic heterocycles. The van der Waals surface area contributed by atoms with Crippen LogP contribution < -0.4 is 16.0 Å². The third kappa shape index (κ3) is 7.15. The Morgan fingerprint density at radius 1 is 1.37 bits per heavy atom. The maximum Gasteiger partial charge on any atom is 0.252 e. The number of hydrogen-bond donors (Lipinski definition) is 3. The summed E-state index contributed by atoms with van der Waals surface area (Å²) in [7, 11) is 1.85. The summed E-state index contributed by atoms with van der Waals surface area (Å²) < 4.78 is 0. The van der Waals surface area contributed by atoms with Crippen LogP contribution in [0.4, 0.5) is 0 Å². The van der Waals surface area contributed by atoms with E-state index in [-0.39, 0.29) is 30.3 Å². The van der Waals surface area contributed by atoms with E-state index >= 15 is 0 Å². The number of likely N-dealkylation sites (N-methyl/N-ethyl adjacent to an activating group) is 1. The Bertz CT molecular complexity index is 384. The lowest BCUT2D eigenvalue weighted by molar-refractivity contribution is -0.121. The Kier molecular flexibility index (Phi) is 9.20. The third-order valence-electron chi connectivity index (χ3n) is 2.52. The van der Waals surface area contributed by atoms with Gasteiger partial charge in [0.05, 0.1) is 0 Å². The van der Waals surface area contributed by atoms with Crippen LogP contribution in [0.25, 0.3) is 0 Å². The van der Waals surface area contributed by atoms with Crippen LogP contribution in [0.2, 0.25) is 0 Å². The highest BCUT2D eigenvalue weighted by molar-refractivity contribution is 7.08. The van der Waals surface area contributed by atoms with Crippen molar-refractivity contribution in [3.8, 4) is 0 Å². The highest BCUT2D eigenvalue weighted by Crippen LogP contribution is 2.04. The number of hydrogen-bond acceptors (Lipinski definition) is 4. The first-order chi connectivity index (χ1) is 8.63. The SMILES string of the molecule is CNC(C)CNC(=O)CCNC(=O)c1ccsc1.Cl. The van der Waals surface area contributed by atoms with Crippen LogP contribution in [0, 0.1) is 0 Å². The van der Waals surface area contributed by atoms with Gasteiger partial charge in [0.1, 0.15) is 0 Å². The molecule has 1 heterocycles. The zero-order valence-corrected chi connectivity index (χ0v) is 12.7. The van der Waals surface area contributed by atoms with E-state index in [0.717, 1.165) is 0 Å². The second-order valence-electron chi connectivity index (χ2n) is 4.01. The van der Waals surface area contributed by atoms with Gasteiger partial charge in [0.15, 0.2) is 0 Å². The van der Waals surface area contributed by atoms with Gasteiger partial charge in [-0.3, -0.25) is 9.59 Å². The minimum absolute atomic E-state index is 0. The van der Waals surface area contributed by atoms with Crippen molar-refractivity contribution in [2.24, 2.45) is 0 Å². The Morgan fingerprint density at radius 3 is 2.68 bits per heavy atom. The van der Waals surface area contributed by atoms with Crippen molar-refractivity contribution < 1.29 is 9.59 Å². The summed E-state index contributed by atoms with van der Waals surface area (Å²) in [4.78, 5) is 23.0. The van der Waals surface area contributed by atoms with E-state index in [4.69, 9.17) is 0 Å². The van der Waals surface area contributed by atoms with E-state index < -0.39 is 0 Å². The highest BCUT2D eigenvalue weighted by Gasteiger charge is 2.07. The van der Waals surface area contributed by atoms with Crippen molar-refractivity contribution in [3.63, 3.8) is 0 Å². The van der Waals surface area contributed by atoms with Gasteiger partial charge in [-0.05, 0) is 25.4 Å². The Balaban J connectivity index is 0.00000324. The zero-order chi connectivity index (χ0) is 13.4. The molecule has 0 radical (unpaired) electrons. The van der Waals surface area contributed by atoms with Gasteiger partial charge in [0, 0.05) is 36.5 Å². The molecule has 0 aliphatic carbocycles. The monoisotopic (exact) mass is 305 g/mol. The molecular weight excluding hydrogens is 286 g/mol. The van der Waals surface area contributed by atoms with Crippen LogP contribution >= 0.6 is 23.7 Å². The first-order valence-corrected chi connectivity index (χ1v) is 6.82. The topological polar surface area (TPSA) is 70.2 Å². The Morgan fingerprint density at radius 2 is 2.11 bits per heavy atom. The summed E-state index contributed by atoms with van der Waals surface area (Å²) in [5.74, 6) is -0.185. The lowest BCUT2D eigenvalue weighted by Crippen LogP contribution is -2.38. The minimum atomic E-state index is -0.132. The molecule has 19 heavy (non-hydrogen) atoms. The molecule has 3 N–H and O–H groups in total. The second-order valence-corrected chi connectivity index (χ2v) is 4.79. The molecule has 0 saturated carbocycles. The first-order valence-electron chi connectivity index (χ1n) is 5.88. The second kappa shape index (κ2) is 9.77. The smallest absolute Gasteiger partial charge is 0.252 e. The van der Waals surface area contributed by atoms with Crippen LogP contribution in [0.3, 0.4) is 0 Å². The quantitative estimate of drug-likeness (QED) is 0.704. The number of nitrogens with one attached hydrogen (secondary N) is 3.